The summed E-state index contributed by atoms with van der Waals surface area (Å²) < 4.78 is 55.6. The molecule has 7 nitrogen and oxygen atoms in total. The lowest BCUT2D eigenvalue weighted by Gasteiger charge is -2.07. The van der Waals surface area contributed by atoms with Crippen molar-refractivity contribution in [2.45, 2.75) is 16.3 Å². The van der Waals surface area contributed by atoms with Gasteiger partial charge in [0.2, 0.25) is 20.7 Å². The van der Waals surface area contributed by atoms with Crippen LogP contribution in [0.2, 0.25) is 0 Å². The van der Waals surface area contributed by atoms with E-state index in [9.17, 15) is 12.8 Å². The van der Waals surface area contributed by atoms with E-state index in [-0.39, 0.29) is 21.7 Å². The summed E-state index contributed by atoms with van der Waals surface area (Å²) in [7, 11) is -2.46. The third-order valence-corrected chi connectivity index (χ3v) is 6.24. The third-order valence-electron chi connectivity index (χ3n) is 4.56. The maximum absolute atomic E-state index is 13.3. The van der Waals surface area contributed by atoms with Crippen molar-refractivity contribution in [3.05, 3.63) is 78.3 Å². The summed E-state index contributed by atoms with van der Waals surface area (Å²) >= 11 is 0. The van der Waals surface area contributed by atoms with E-state index in [0.29, 0.717) is 18.7 Å². The molecule has 160 valence electrons. The zero-order valence-corrected chi connectivity index (χ0v) is 17.4. The van der Waals surface area contributed by atoms with Crippen LogP contribution >= 0.6 is 0 Å². The highest BCUT2D eigenvalue weighted by atomic mass is 32.2. The molecule has 4 rings (SSSR count). The van der Waals surface area contributed by atoms with Crippen molar-refractivity contribution in [1.29, 1.82) is 0 Å². The number of sulfone groups is 1. The summed E-state index contributed by atoms with van der Waals surface area (Å²) in [6.45, 7) is 0.394. The van der Waals surface area contributed by atoms with E-state index < -0.39 is 15.7 Å². The van der Waals surface area contributed by atoms with Crippen LogP contribution < -0.4 is 10.1 Å². The molecule has 9 heteroatoms. The highest BCUT2D eigenvalue weighted by Gasteiger charge is 2.29. The summed E-state index contributed by atoms with van der Waals surface area (Å²) in [6, 6.07) is 15.3. The molecule has 2 aromatic carbocycles. The number of oxazole rings is 1. The minimum atomic E-state index is -4.05. The monoisotopic (exact) mass is 442 g/mol. The average Bonchev–Trinajstić information content (AvgIpc) is 3.45. The van der Waals surface area contributed by atoms with Crippen molar-refractivity contribution >= 4 is 15.7 Å². The van der Waals surface area contributed by atoms with Crippen LogP contribution in [0.1, 0.15) is 5.56 Å². The van der Waals surface area contributed by atoms with Gasteiger partial charge in [0.1, 0.15) is 11.6 Å². The van der Waals surface area contributed by atoms with Crippen molar-refractivity contribution in [1.82, 2.24) is 4.98 Å². The minimum absolute atomic E-state index is 0.00997. The van der Waals surface area contributed by atoms with Gasteiger partial charge in [-0.15, -0.1) is 0 Å². The largest absolute Gasteiger partial charge is 0.497 e. The maximum atomic E-state index is 13.3. The summed E-state index contributed by atoms with van der Waals surface area (Å²) in [4.78, 5) is 4.06. The van der Waals surface area contributed by atoms with Gasteiger partial charge in [-0.25, -0.2) is 12.8 Å². The van der Waals surface area contributed by atoms with Crippen molar-refractivity contribution in [3.8, 4) is 17.4 Å². The lowest BCUT2D eigenvalue weighted by Crippen LogP contribution is -2.10. The predicted octanol–water partition coefficient (Wildman–Crippen LogP) is 4.57. The molecular formula is C22H19FN2O5S. The minimum Gasteiger partial charge on any atom is -0.497 e. The van der Waals surface area contributed by atoms with Gasteiger partial charge < -0.3 is 18.9 Å². The van der Waals surface area contributed by atoms with Gasteiger partial charge >= 0.3 is 0 Å². The molecule has 0 saturated heterocycles. The van der Waals surface area contributed by atoms with Crippen LogP contribution in [0.3, 0.4) is 0 Å². The van der Waals surface area contributed by atoms with E-state index in [1.54, 1.807) is 19.2 Å². The highest BCUT2D eigenvalue weighted by Crippen LogP contribution is 2.32. The summed E-state index contributed by atoms with van der Waals surface area (Å²) in [6.07, 6.45) is 2.04. The number of nitrogens with zero attached hydrogens (tertiary/aromatic N) is 1. The van der Waals surface area contributed by atoms with Crippen LogP contribution in [0.5, 0.6) is 5.75 Å². The van der Waals surface area contributed by atoms with Gasteiger partial charge in [0.15, 0.2) is 5.76 Å². The summed E-state index contributed by atoms with van der Waals surface area (Å²) in [5.41, 5.74) is 1.03. The van der Waals surface area contributed by atoms with Gasteiger partial charge in [0.25, 0.3) is 5.89 Å². The Morgan fingerprint density at radius 1 is 1.06 bits per heavy atom. The maximum Gasteiger partial charge on any atom is 0.266 e. The quantitative estimate of drug-likeness (QED) is 0.400. The van der Waals surface area contributed by atoms with E-state index in [2.05, 4.69) is 10.3 Å². The van der Waals surface area contributed by atoms with Gasteiger partial charge in [-0.3, -0.25) is 0 Å². The van der Waals surface area contributed by atoms with Gasteiger partial charge in [-0.1, -0.05) is 12.1 Å². The Balaban J connectivity index is 1.61. The predicted molar refractivity (Wildman–Crippen MR) is 111 cm³/mol. The first-order valence-electron chi connectivity index (χ1n) is 9.39. The van der Waals surface area contributed by atoms with Gasteiger partial charge in [-0.2, -0.15) is 4.98 Å². The standard InChI is InChI=1S/C22H19FN2O5S/c1-28-17-8-4-15(5-9-17)12-13-24-21-22(25-20(30-21)19-3-2-14-29-19)31(26,27)18-10-6-16(23)7-11-18/h2-11,14,24H,12-13H2,1H3. The first kappa shape index (κ1) is 20.7. The number of rotatable bonds is 8. The fourth-order valence-electron chi connectivity index (χ4n) is 2.94. The fourth-order valence-corrected chi connectivity index (χ4v) is 4.22. The number of halogens is 1. The molecule has 0 unspecified atom stereocenters. The van der Waals surface area contributed by atoms with Gasteiger partial charge in [-0.05, 0) is 60.5 Å². The number of benzene rings is 2. The molecule has 2 aromatic heterocycles. The Morgan fingerprint density at radius 3 is 2.45 bits per heavy atom. The van der Waals surface area contributed by atoms with E-state index >= 15 is 0 Å². The van der Waals surface area contributed by atoms with E-state index in [4.69, 9.17) is 13.6 Å². The second-order valence-corrected chi connectivity index (χ2v) is 8.48. The zero-order chi connectivity index (χ0) is 21.8. The number of furan rings is 1. The molecule has 4 aromatic rings. The lowest BCUT2D eigenvalue weighted by molar-refractivity contribution is 0.414. The van der Waals surface area contributed by atoms with Crippen LogP contribution in [-0.4, -0.2) is 27.1 Å². The molecule has 0 spiro atoms. The number of nitrogens with one attached hydrogen (secondary N) is 1. The third kappa shape index (κ3) is 4.46. The molecule has 2 heterocycles. The van der Waals surface area contributed by atoms with Crippen LogP contribution in [-0.2, 0) is 16.3 Å². The Morgan fingerprint density at radius 2 is 1.81 bits per heavy atom. The Hall–Kier alpha value is -3.59. The van der Waals surface area contributed by atoms with E-state index in [1.165, 1.54) is 18.4 Å². The van der Waals surface area contributed by atoms with Crippen molar-refractivity contribution < 1.29 is 26.4 Å². The number of methoxy groups -OCH3 is 1. The van der Waals surface area contributed by atoms with E-state index in [0.717, 1.165) is 23.4 Å². The molecule has 0 bridgehead atoms. The normalized spacial score (nSPS) is 11.4. The Labute approximate surface area is 178 Å². The lowest BCUT2D eigenvalue weighted by atomic mass is 10.1. The number of ether oxygens (including phenoxy) is 1. The zero-order valence-electron chi connectivity index (χ0n) is 16.5. The first-order chi connectivity index (χ1) is 15.0. The molecule has 31 heavy (non-hydrogen) atoms. The molecule has 0 saturated carbocycles. The van der Waals surface area contributed by atoms with Crippen molar-refractivity contribution in [3.63, 3.8) is 0 Å². The highest BCUT2D eigenvalue weighted by molar-refractivity contribution is 7.91. The Kier molecular flexibility index (Phi) is 5.77. The van der Waals surface area contributed by atoms with Crippen LogP contribution in [0, 0.1) is 5.82 Å². The molecular weight excluding hydrogens is 423 g/mol. The molecule has 0 aliphatic rings. The first-order valence-corrected chi connectivity index (χ1v) is 10.9. The van der Waals surface area contributed by atoms with Crippen LogP contribution in [0.4, 0.5) is 10.3 Å². The molecule has 1 N–H and O–H groups in total. The smallest absolute Gasteiger partial charge is 0.266 e. The van der Waals surface area contributed by atoms with E-state index in [1.807, 2.05) is 24.3 Å². The average molecular weight is 442 g/mol. The molecule has 0 aliphatic heterocycles. The van der Waals surface area contributed by atoms with Gasteiger partial charge in [0, 0.05) is 6.54 Å². The summed E-state index contributed by atoms with van der Waals surface area (Å²) in [5, 5.41) is 2.71. The SMILES string of the molecule is COc1ccc(CCNc2oc(-c3ccco3)nc2S(=O)(=O)c2ccc(F)cc2)cc1. The molecule has 0 atom stereocenters. The second kappa shape index (κ2) is 8.65. The second-order valence-electron chi connectivity index (χ2n) is 6.61. The number of hydrogen-bond acceptors (Lipinski definition) is 7. The summed E-state index contributed by atoms with van der Waals surface area (Å²) in [5.74, 6) is 0.525. The number of aromatic nitrogens is 1. The molecule has 0 radical (unpaired) electrons. The number of hydrogen-bond donors (Lipinski definition) is 1. The van der Waals surface area contributed by atoms with Crippen LogP contribution in [0.25, 0.3) is 11.7 Å². The fraction of sp³-hybridized carbons (Fsp3) is 0.136. The number of anilines is 1. The van der Waals surface area contributed by atoms with Gasteiger partial charge in [0.05, 0.1) is 18.3 Å². The van der Waals surface area contributed by atoms with Crippen LogP contribution in [0.15, 0.2) is 85.7 Å². The Bertz CT molecular complexity index is 1250. The van der Waals surface area contributed by atoms with Crippen molar-refractivity contribution in [2.75, 3.05) is 19.0 Å². The molecule has 0 amide bonds. The molecule has 0 aliphatic carbocycles. The molecule has 0 fully saturated rings. The van der Waals surface area contributed by atoms with Crippen molar-refractivity contribution in [2.24, 2.45) is 0 Å². The topological polar surface area (TPSA) is 94.6 Å².